The molecule has 1 amide bonds. The van der Waals surface area contributed by atoms with Crippen LogP contribution >= 0.6 is 23.2 Å². The Morgan fingerprint density at radius 2 is 1.62 bits per heavy atom. The summed E-state index contributed by atoms with van der Waals surface area (Å²) in [6.45, 7) is 0. The third kappa shape index (κ3) is 4.53. The van der Waals surface area contributed by atoms with E-state index in [-0.39, 0.29) is 21.2 Å². The first-order valence-electron chi connectivity index (χ1n) is 8.30. The van der Waals surface area contributed by atoms with E-state index >= 15 is 0 Å². The number of nitrogens with zero attached hydrogens (tertiary/aromatic N) is 1. The fourth-order valence-corrected chi connectivity index (χ4v) is 4.15. The van der Waals surface area contributed by atoms with E-state index in [1.807, 2.05) is 0 Å². The summed E-state index contributed by atoms with van der Waals surface area (Å²) in [5.74, 6) is -1.09. The number of carbonyl (C=O) groups is 1. The number of benzene rings is 3. The molecule has 0 saturated heterocycles. The van der Waals surface area contributed by atoms with Gasteiger partial charge >= 0.3 is 0 Å². The zero-order valence-corrected chi connectivity index (χ0v) is 17.4. The first-order chi connectivity index (χ1) is 13.7. The maximum atomic E-state index is 13.1. The lowest BCUT2D eigenvalue weighted by Crippen LogP contribution is -2.27. The van der Waals surface area contributed by atoms with Crippen LogP contribution in [0.2, 0.25) is 10.0 Å². The largest absolute Gasteiger partial charge is 0.321 e. The SMILES string of the molecule is CN(c1ccc(F)cc1)S(=O)(=O)c1ccc(Cl)c(C(=O)Nc2ccccc2Cl)c1. The Balaban J connectivity index is 1.94. The highest BCUT2D eigenvalue weighted by Gasteiger charge is 2.24. The molecule has 0 heterocycles. The summed E-state index contributed by atoms with van der Waals surface area (Å²) in [6.07, 6.45) is 0. The quantitative estimate of drug-likeness (QED) is 0.577. The zero-order valence-electron chi connectivity index (χ0n) is 15.1. The Bertz CT molecular complexity index is 1170. The monoisotopic (exact) mass is 452 g/mol. The maximum Gasteiger partial charge on any atom is 0.264 e. The fourth-order valence-electron chi connectivity index (χ4n) is 2.54. The number of halogens is 3. The number of carbonyl (C=O) groups excluding carboxylic acids is 1. The molecule has 0 fully saturated rings. The lowest BCUT2D eigenvalue weighted by molar-refractivity contribution is 0.102. The van der Waals surface area contributed by atoms with Gasteiger partial charge in [0, 0.05) is 7.05 Å². The van der Waals surface area contributed by atoms with Gasteiger partial charge in [-0.3, -0.25) is 9.10 Å². The topological polar surface area (TPSA) is 66.5 Å². The molecule has 0 saturated carbocycles. The van der Waals surface area contributed by atoms with Crippen molar-refractivity contribution in [1.82, 2.24) is 0 Å². The number of nitrogens with one attached hydrogen (secondary N) is 1. The smallest absolute Gasteiger partial charge is 0.264 e. The molecule has 0 aliphatic rings. The second-order valence-electron chi connectivity index (χ2n) is 6.02. The number of rotatable bonds is 5. The second kappa shape index (κ2) is 8.41. The fraction of sp³-hybridized carbons (Fsp3) is 0.0500. The molecule has 0 aliphatic heterocycles. The molecule has 0 aliphatic carbocycles. The molecule has 1 N–H and O–H groups in total. The minimum atomic E-state index is -4.01. The lowest BCUT2D eigenvalue weighted by atomic mass is 10.2. The average Bonchev–Trinajstić information content (AvgIpc) is 2.70. The van der Waals surface area contributed by atoms with Crippen LogP contribution in [-0.4, -0.2) is 21.4 Å². The van der Waals surface area contributed by atoms with Crippen LogP contribution in [-0.2, 0) is 10.0 Å². The second-order valence-corrected chi connectivity index (χ2v) is 8.81. The minimum Gasteiger partial charge on any atom is -0.321 e. The van der Waals surface area contributed by atoms with Crippen molar-refractivity contribution in [3.05, 3.63) is 88.2 Å². The number of anilines is 2. The zero-order chi connectivity index (χ0) is 21.2. The van der Waals surface area contributed by atoms with Crippen LogP contribution in [0.3, 0.4) is 0 Å². The van der Waals surface area contributed by atoms with Crippen molar-refractivity contribution < 1.29 is 17.6 Å². The normalized spacial score (nSPS) is 11.2. The molecule has 0 aromatic heterocycles. The van der Waals surface area contributed by atoms with Crippen molar-refractivity contribution in [3.8, 4) is 0 Å². The highest BCUT2D eigenvalue weighted by atomic mass is 35.5. The molecular weight excluding hydrogens is 438 g/mol. The first kappa shape index (κ1) is 21.1. The van der Waals surface area contributed by atoms with E-state index in [0.717, 1.165) is 16.4 Å². The molecular formula is C20H15Cl2FN2O3S. The van der Waals surface area contributed by atoms with Gasteiger partial charge in [0.05, 0.1) is 31.9 Å². The predicted octanol–water partition coefficient (Wildman–Crippen LogP) is 5.21. The van der Waals surface area contributed by atoms with Crippen LogP contribution in [0, 0.1) is 5.82 Å². The summed E-state index contributed by atoms with van der Waals surface area (Å²) in [5.41, 5.74) is 0.607. The van der Waals surface area contributed by atoms with Crippen molar-refractivity contribution >= 4 is 50.5 Å². The summed E-state index contributed by atoms with van der Waals surface area (Å²) >= 11 is 12.2. The van der Waals surface area contributed by atoms with Crippen molar-refractivity contribution in [1.29, 1.82) is 0 Å². The van der Waals surface area contributed by atoms with Crippen LogP contribution in [0.15, 0.2) is 71.6 Å². The predicted molar refractivity (Wildman–Crippen MR) is 113 cm³/mol. The molecule has 0 bridgehead atoms. The number of hydrogen-bond acceptors (Lipinski definition) is 3. The highest BCUT2D eigenvalue weighted by Crippen LogP contribution is 2.27. The van der Waals surface area contributed by atoms with Crippen LogP contribution in [0.5, 0.6) is 0 Å². The minimum absolute atomic E-state index is 0.0276. The van der Waals surface area contributed by atoms with Crippen LogP contribution in [0.4, 0.5) is 15.8 Å². The third-order valence-corrected chi connectivity index (χ3v) is 6.59. The molecule has 5 nitrogen and oxygen atoms in total. The van der Waals surface area contributed by atoms with Gasteiger partial charge in [-0.25, -0.2) is 12.8 Å². The number of para-hydroxylation sites is 1. The first-order valence-corrected chi connectivity index (χ1v) is 10.5. The van der Waals surface area contributed by atoms with E-state index in [1.165, 1.54) is 37.4 Å². The summed E-state index contributed by atoms with van der Waals surface area (Å²) in [4.78, 5) is 12.5. The van der Waals surface area contributed by atoms with Gasteiger partial charge in [0.1, 0.15) is 5.82 Å². The molecule has 3 rings (SSSR count). The van der Waals surface area contributed by atoms with Crippen molar-refractivity contribution in [2.75, 3.05) is 16.7 Å². The summed E-state index contributed by atoms with van der Waals surface area (Å²) < 4.78 is 40.0. The van der Waals surface area contributed by atoms with E-state index in [9.17, 15) is 17.6 Å². The van der Waals surface area contributed by atoms with Crippen molar-refractivity contribution in [2.45, 2.75) is 4.90 Å². The number of hydrogen-bond donors (Lipinski definition) is 1. The van der Waals surface area contributed by atoms with E-state index in [2.05, 4.69) is 5.32 Å². The van der Waals surface area contributed by atoms with Crippen LogP contribution in [0.25, 0.3) is 0 Å². The van der Waals surface area contributed by atoms with Crippen LogP contribution in [0.1, 0.15) is 10.4 Å². The number of sulfonamides is 1. The lowest BCUT2D eigenvalue weighted by Gasteiger charge is -2.20. The van der Waals surface area contributed by atoms with E-state index in [4.69, 9.17) is 23.2 Å². The summed E-state index contributed by atoms with van der Waals surface area (Å²) in [5, 5.41) is 3.02. The van der Waals surface area contributed by atoms with Gasteiger partial charge in [0.15, 0.2) is 0 Å². The average molecular weight is 453 g/mol. The van der Waals surface area contributed by atoms with E-state index in [0.29, 0.717) is 10.7 Å². The summed E-state index contributed by atoms with van der Waals surface area (Å²) in [6, 6.07) is 15.4. The van der Waals surface area contributed by atoms with Gasteiger partial charge in [0.2, 0.25) is 0 Å². The van der Waals surface area contributed by atoms with Crippen molar-refractivity contribution in [2.24, 2.45) is 0 Å². The van der Waals surface area contributed by atoms with E-state index < -0.39 is 21.7 Å². The van der Waals surface area contributed by atoms with Gasteiger partial charge in [-0.1, -0.05) is 35.3 Å². The Hall–Kier alpha value is -2.61. The van der Waals surface area contributed by atoms with Gasteiger partial charge < -0.3 is 5.32 Å². The number of amides is 1. The van der Waals surface area contributed by atoms with Gasteiger partial charge in [-0.15, -0.1) is 0 Å². The molecule has 0 radical (unpaired) electrons. The molecule has 0 spiro atoms. The maximum absolute atomic E-state index is 13.1. The molecule has 150 valence electrons. The van der Waals surface area contributed by atoms with Crippen LogP contribution < -0.4 is 9.62 Å². The Kier molecular flexibility index (Phi) is 6.12. The molecule has 0 unspecified atom stereocenters. The standard InChI is InChI=1S/C20H15Cl2FN2O3S/c1-25(14-8-6-13(23)7-9-14)29(27,28)15-10-11-17(21)16(12-15)20(26)24-19-5-3-2-4-18(19)22/h2-12H,1H3,(H,24,26). The van der Waals surface area contributed by atoms with Gasteiger partial charge in [-0.2, -0.15) is 0 Å². The molecule has 0 atom stereocenters. The molecule has 3 aromatic carbocycles. The Labute approximate surface area is 177 Å². The van der Waals surface area contributed by atoms with Gasteiger partial charge in [0.25, 0.3) is 15.9 Å². The Morgan fingerprint density at radius 3 is 2.28 bits per heavy atom. The van der Waals surface area contributed by atoms with Crippen molar-refractivity contribution in [3.63, 3.8) is 0 Å². The molecule has 9 heteroatoms. The van der Waals surface area contributed by atoms with E-state index in [1.54, 1.807) is 24.3 Å². The summed E-state index contributed by atoms with van der Waals surface area (Å²) in [7, 11) is -2.68. The molecule has 3 aromatic rings. The third-order valence-electron chi connectivity index (χ3n) is 4.15. The van der Waals surface area contributed by atoms with Gasteiger partial charge in [-0.05, 0) is 54.6 Å². The molecule has 29 heavy (non-hydrogen) atoms. The highest BCUT2D eigenvalue weighted by molar-refractivity contribution is 7.92. The Morgan fingerprint density at radius 1 is 0.966 bits per heavy atom.